The third-order valence-electron chi connectivity index (χ3n) is 3.18. The van der Waals surface area contributed by atoms with Crippen molar-refractivity contribution in [2.24, 2.45) is 5.92 Å². The maximum absolute atomic E-state index is 12.8. The van der Waals surface area contributed by atoms with Gasteiger partial charge < -0.3 is 10.2 Å². The molecule has 0 aliphatic rings. The standard InChI is InChI=1S/C14H23FN2/c1-11(2)12(3)16-9-10-17(4)14-7-5-13(15)6-8-14/h5-8,11-12,16H,9-10H2,1-4H3. The highest BCUT2D eigenvalue weighted by Crippen LogP contribution is 2.12. The highest BCUT2D eigenvalue weighted by Gasteiger charge is 2.06. The van der Waals surface area contributed by atoms with Crippen molar-refractivity contribution in [3.8, 4) is 0 Å². The van der Waals surface area contributed by atoms with Gasteiger partial charge in [0.2, 0.25) is 0 Å². The topological polar surface area (TPSA) is 15.3 Å². The molecule has 0 saturated carbocycles. The number of nitrogens with zero attached hydrogens (tertiary/aromatic N) is 1. The van der Waals surface area contributed by atoms with Gasteiger partial charge in [0.05, 0.1) is 0 Å². The van der Waals surface area contributed by atoms with Gasteiger partial charge in [-0.05, 0) is 37.1 Å². The largest absolute Gasteiger partial charge is 0.373 e. The van der Waals surface area contributed by atoms with E-state index in [9.17, 15) is 4.39 Å². The highest BCUT2D eigenvalue weighted by molar-refractivity contribution is 5.45. The van der Waals surface area contributed by atoms with Gasteiger partial charge in [-0.15, -0.1) is 0 Å². The molecule has 0 bridgehead atoms. The average Bonchev–Trinajstić information content (AvgIpc) is 2.29. The Kier molecular flexibility index (Phi) is 5.42. The number of nitrogens with one attached hydrogen (secondary N) is 1. The fourth-order valence-electron chi connectivity index (χ4n) is 1.52. The van der Waals surface area contributed by atoms with Crippen LogP contribution in [0.2, 0.25) is 0 Å². The van der Waals surface area contributed by atoms with Crippen molar-refractivity contribution >= 4 is 5.69 Å². The van der Waals surface area contributed by atoms with Gasteiger partial charge in [0, 0.05) is 31.9 Å². The smallest absolute Gasteiger partial charge is 0.123 e. The Labute approximate surface area is 104 Å². The Morgan fingerprint density at radius 2 is 1.76 bits per heavy atom. The lowest BCUT2D eigenvalue weighted by atomic mass is 10.1. The maximum Gasteiger partial charge on any atom is 0.123 e. The van der Waals surface area contributed by atoms with Crippen molar-refractivity contribution in [2.45, 2.75) is 26.8 Å². The molecular weight excluding hydrogens is 215 g/mol. The fourth-order valence-corrected chi connectivity index (χ4v) is 1.52. The molecule has 2 nitrogen and oxygen atoms in total. The van der Waals surface area contributed by atoms with E-state index in [1.807, 2.05) is 7.05 Å². The lowest BCUT2D eigenvalue weighted by molar-refractivity contribution is 0.431. The van der Waals surface area contributed by atoms with Crippen molar-refractivity contribution in [3.63, 3.8) is 0 Å². The van der Waals surface area contributed by atoms with Gasteiger partial charge >= 0.3 is 0 Å². The fraction of sp³-hybridized carbons (Fsp3) is 0.571. The molecule has 0 spiro atoms. The Hall–Kier alpha value is -1.09. The molecule has 0 fully saturated rings. The number of anilines is 1. The summed E-state index contributed by atoms with van der Waals surface area (Å²) in [5.41, 5.74) is 1.05. The van der Waals surface area contributed by atoms with Crippen LogP contribution in [0, 0.1) is 11.7 Å². The first-order chi connectivity index (χ1) is 8.00. The minimum absolute atomic E-state index is 0.186. The summed E-state index contributed by atoms with van der Waals surface area (Å²) in [4.78, 5) is 2.12. The molecule has 0 aromatic heterocycles. The summed E-state index contributed by atoms with van der Waals surface area (Å²) in [5.74, 6) is 0.458. The summed E-state index contributed by atoms with van der Waals surface area (Å²) < 4.78 is 12.8. The Balaban J connectivity index is 2.34. The lowest BCUT2D eigenvalue weighted by Crippen LogP contribution is -2.36. The van der Waals surface area contributed by atoms with Crippen molar-refractivity contribution in [1.82, 2.24) is 5.32 Å². The van der Waals surface area contributed by atoms with Crippen molar-refractivity contribution in [3.05, 3.63) is 30.1 Å². The van der Waals surface area contributed by atoms with Crippen LogP contribution < -0.4 is 10.2 Å². The van der Waals surface area contributed by atoms with E-state index in [1.165, 1.54) is 12.1 Å². The summed E-state index contributed by atoms with van der Waals surface area (Å²) in [6, 6.07) is 7.13. The van der Waals surface area contributed by atoms with E-state index in [0.29, 0.717) is 12.0 Å². The van der Waals surface area contributed by atoms with E-state index >= 15 is 0 Å². The molecule has 96 valence electrons. The van der Waals surface area contributed by atoms with Crippen LogP contribution in [0.4, 0.5) is 10.1 Å². The SMILES string of the molecule is CC(C)C(C)NCCN(C)c1ccc(F)cc1. The molecule has 1 aromatic carbocycles. The van der Waals surface area contributed by atoms with Crippen molar-refractivity contribution in [1.29, 1.82) is 0 Å². The predicted molar refractivity (Wildman–Crippen MR) is 72.0 cm³/mol. The molecule has 0 aliphatic carbocycles. The van der Waals surface area contributed by atoms with E-state index < -0.39 is 0 Å². The predicted octanol–water partition coefficient (Wildman–Crippen LogP) is 2.90. The molecule has 0 heterocycles. The summed E-state index contributed by atoms with van der Waals surface area (Å²) in [6.45, 7) is 8.47. The minimum atomic E-state index is -0.186. The number of likely N-dealkylation sites (N-methyl/N-ethyl adjacent to an activating group) is 1. The molecule has 1 rings (SSSR count). The first-order valence-electron chi connectivity index (χ1n) is 6.21. The number of hydrogen-bond acceptors (Lipinski definition) is 2. The lowest BCUT2D eigenvalue weighted by Gasteiger charge is -2.22. The van der Waals surface area contributed by atoms with E-state index in [-0.39, 0.29) is 5.82 Å². The van der Waals surface area contributed by atoms with Crippen LogP contribution in [-0.2, 0) is 0 Å². The molecule has 3 heteroatoms. The molecule has 0 saturated heterocycles. The molecular formula is C14H23FN2. The third kappa shape index (κ3) is 4.73. The monoisotopic (exact) mass is 238 g/mol. The first-order valence-corrected chi connectivity index (χ1v) is 6.21. The maximum atomic E-state index is 12.8. The van der Waals surface area contributed by atoms with Gasteiger partial charge in [-0.1, -0.05) is 13.8 Å². The van der Waals surface area contributed by atoms with Crippen LogP contribution in [0.5, 0.6) is 0 Å². The molecule has 0 radical (unpaired) electrons. The molecule has 17 heavy (non-hydrogen) atoms. The van der Waals surface area contributed by atoms with Gasteiger partial charge in [-0.25, -0.2) is 4.39 Å². The molecule has 1 unspecified atom stereocenters. The molecule has 1 atom stereocenters. The van der Waals surface area contributed by atoms with Crippen LogP contribution in [0.25, 0.3) is 0 Å². The van der Waals surface area contributed by atoms with Gasteiger partial charge in [0.25, 0.3) is 0 Å². The molecule has 0 aliphatic heterocycles. The summed E-state index contributed by atoms with van der Waals surface area (Å²) >= 11 is 0. The number of halogens is 1. The summed E-state index contributed by atoms with van der Waals surface area (Å²) in [5, 5.41) is 3.48. The normalized spacial score (nSPS) is 12.8. The van der Waals surface area contributed by atoms with Gasteiger partial charge in [-0.3, -0.25) is 0 Å². The number of benzene rings is 1. The van der Waals surface area contributed by atoms with Gasteiger partial charge in [-0.2, -0.15) is 0 Å². The van der Waals surface area contributed by atoms with Gasteiger partial charge in [0.15, 0.2) is 0 Å². The number of rotatable bonds is 6. The second-order valence-electron chi connectivity index (χ2n) is 4.88. The van der Waals surface area contributed by atoms with Crippen molar-refractivity contribution in [2.75, 3.05) is 25.0 Å². The Morgan fingerprint density at radius 1 is 1.18 bits per heavy atom. The van der Waals surface area contributed by atoms with Crippen LogP contribution in [0.1, 0.15) is 20.8 Å². The second kappa shape index (κ2) is 6.60. The Morgan fingerprint density at radius 3 is 2.29 bits per heavy atom. The van der Waals surface area contributed by atoms with Crippen LogP contribution in [-0.4, -0.2) is 26.2 Å². The highest BCUT2D eigenvalue weighted by atomic mass is 19.1. The van der Waals surface area contributed by atoms with Crippen molar-refractivity contribution < 1.29 is 4.39 Å². The molecule has 1 N–H and O–H groups in total. The summed E-state index contributed by atoms with van der Waals surface area (Å²) in [7, 11) is 2.02. The molecule has 0 amide bonds. The summed E-state index contributed by atoms with van der Waals surface area (Å²) in [6.07, 6.45) is 0. The second-order valence-corrected chi connectivity index (χ2v) is 4.88. The first kappa shape index (κ1) is 14.0. The van der Waals surface area contributed by atoms with E-state index in [4.69, 9.17) is 0 Å². The molecule has 1 aromatic rings. The van der Waals surface area contributed by atoms with Gasteiger partial charge in [0.1, 0.15) is 5.82 Å². The Bertz CT molecular complexity index is 321. The average molecular weight is 238 g/mol. The van der Waals surface area contributed by atoms with E-state index in [1.54, 1.807) is 12.1 Å². The minimum Gasteiger partial charge on any atom is -0.373 e. The zero-order valence-electron chi connectivity index (χ0n) is 11.2. The number of hydrogen-bond donors (Lipinski definition) is 1. The van der Waals surface area contributed by atoms with Crippen LogP contribution in [0.15, 0.2) is 24.3 Å². The zero-order chi connectivity index (χ0) is 12.8. The van der Waals surface area contributed by atoms with E-state index in [2.05, 4.69) is 31.0 Å². The zero-order valence-corrected chi connectivity index (χ0v) is 11.2. The third-order valence-corrected chi connectivity index (χ3v) is 3.18. The van der Waals surface area contributed by atoms with Crippen LogP contribution in [0.3, 0.4) is 0 Å². The van der Waals surface area contributed by atoms with Crippen LogP contribution >= 0.6 is 0 Å². The quantitative estimate of drug-likeness (QED) is 0.820. The van der Waals surface area contributed by atoms with E-state index in [0.717, 1.165) is 18.8 Å².